The van der Waals surface area contributed by atoms with Crippen LogP contribution in [-0.4, -0.2) is 17.6 Å². The van der Waals surface area contributed by atoms with Crippen LogP contribution in [0.3, 0.4) is 0 Å². The van der Waals surface area contributed by atoms with Crippen LogP contribution in [0.5, 0.6) is 0 Å². The Morgan fingerprint density at radius 3 is 2.35 bits per heavy atom. The molecule has 0 heterocycles. The molecule has 3 heteroatoms. The van der Waals surface area contributed by atoms with Crippen molar-refractivity contribution in [1.82, 2.24) is 0 Å². The average Bonchev–Trinajstić information content (AvgIpc) is 2.40. The number of amides is 1. The van der Waals surface area contributed by atoms with E-state index < -0.39 is 12.5 Å². The normalized spacial score (nSPS) is 9.94. The molecule has 3 nitrogen and oxygen atoms in total. The van der Waals surface area contributed by atoms with Gasteiger partial charge in [0.25, 0.3) is 0 Å². The van der Waals surface area contributed by atoms with Crippen LogP contribution in [-0.2, 0) is 4.79 Å². The molecule has 0 aliphatic heterocycles. The molecule has 0 saturated carbocycles. The first-order valence-corrected chi connectivity index (χ1v) is 5.36. The topological polar surface area (TPSA) is 49.3 Å². The lowest BCUT2D eigenvalue weighted by Crippen LogP contribution is -2.15. The minimum absolute atomic E-state index is 0.409. The van der Waals surface area contributed by atoms with Crippen LogP contribution in [0.25, 0.3) is 11.1 Å². The van der Waals surface area contributed by atoms with Gasteiger partial charge in [-0.05, 0) is 11.6 Å². The van der Waals surface area contributed by atoms with Crippen molar-refractivity contribution in [2.45, 2.75) is 0 Å². The molecule has 0 atom stereocenters. The quantitative estimate of drug-likeness (QED) is 0.845. The van der Waals surface area contributed by atoms with Crippen LogP contribution in [0.4, 0.5) is 5.69 Å². The molecule has 1 amide bonds. The Kier molecular flexibility index (Phi) is 3.52. The standard InChI is InChI=1S/C14H13NO2/c16-10-14(17)15-13-9-5-4-8-12(13)11-6-2-1-3-7-11/h1-9,16H,10H2,(H,15,17). The van der Waals surface area contributed by atoms with E-state index in [1.54, 1.807) is 0 Å². The fraction of sp³-hybridized carbons (Fsp3) is 0.0714. The largest absolute Gasteiger partial charge is 0.387 e. The molecular formula is C14H13NO2. The Hall–Kier alpha value is -2.13. The molecule has 0 aliphatic carbocycles. The second-order valence-electron chi connectivity index (χ2n) is 3.62. The lowest BCUT2D eigenvalue weighted by Gasteiger charge is -2.10. The molecule has 17 heavy (non-hydrogen) atoms. The zero-order valence-electron chi connectivity index (χ0n) is 9.26. The minimum Gasteiger partial charge on any atom is -0.387 e. The number of benzene rings is 2. The first-order chi connectivity index (χ1) is 8.31. The number of anilines is 1. The van der Waals surface area contributed by atoms with E-state index in [1.165, 1.54) is 0 Å². The van der Waals surface area contributed by atoms with Crippen molar-refractivity contribution in [1.29, 1.82) is 0 Å². The van der Waals surface area contributed by atoms with Crippen molar-refractivity contribution in [3.05, 3.63) is 54.6 Å². The van der Waals surface area contributed by atoms with Gasteiger partial charge in [0.1, 0.15) is 6.61 Å². The maximum Gasteiger partial charge on any atom is 0.250 e. The Morgan fingerprint density at radius 2 is 1.65 bits per heavy atom. The number of carbonyl (C=O) groups excluding carboxylic acids is 1. The van der Waals surface area contributed by atoms with Crippen LogP contribution in [0.1, 0.15) is 0 Å². The van der Waals surface area contributed by atoms with E-state index in [2.05, 4.69) is 5.32 Å². The predicted molar refractivity (Wildman–Crippen MR) is 67.6 cm³/mol. The molecule has 0 aromatic heterocycles. The third-order valence-corrected chi connectivity index (χ3v) is 2.43. The SMILES string of the molecule is O=C(CO)Nc1ccccc1-c1ccccc1. The van der Waals surface area contributed by atoms with Crippen LogP contribution in [0.2, 0.25) is 0 Å². The molecule has 2 rings (SSSR count). The van der Waals surface area contributed by atoms with E-state index in [4.69, 9.17) is 5.11 Å². The van der Waals surface area contributed by atoms with Crippen LogP contribution < -0.4 is 5.32 Å². The summed E-state index contributed by atoms with van der Waals surface area (Å²) in [4.78, 5) is 11.2. The van der Waals surface area contributed by atoms with E-state index >= 15 is 0 Å². The van der Waals surface area contributed by atoms with Gasteiger partial charge in [0, 0.05) is 11.3 Å². The molecule has 0 saturated heterocycles. The molecule has 0 fully saturated rings. The van der Waals surface area contributed by atoms with Gasteiger partial charge in [0.05, 0.1) is 0 Å². The van der Waals surface area contributed by atoms with E-state index in [0.29, 0.717) is 5.69 Å². The third-order valence-electron chi connectivity index (χ3n) is 2.43. The third kappa shape index (κ3) is 2.71. The maximum absolute atomic E-state index is 11.2. The van der Waals surface area contributed by atoms with E-state index in [1.807, 2.05) is 54.6 Å². The van der Waals surface area contributed by atoms with Gasteiger partial charge in [-0.15, -0.1) is 0 Å². The summed E-state index contributed by atoms with van der Waals surface area (Å²) in [6.07, 6.45) is 0. The van der Waals surface area contributed by atoms with Crippen molar-refractivity contribution in [2.24, 2.45) is 0 Å². The summed E-state index contributed by atoms with van der Waals surface area (Å²) in [5.41, 5.74) is 2.67. The van der Waals surface area contributed by atoms with E-state index in [-0.39, 0.29) is 0 Å². The molecule has 0 bridgehead atoms. The second-order valence-corrected chi connectivity index (χ2v) is 3.62. The van der Waals surface area contributed by atoms with Gasteiger partial charge in [-0.1, -0.05) is 48.5 Å². The monoisotopic (exact) mass is 227 g/mol. The summed E-state index contributed by atoms with van der Waals surface area (Å²) in [6, 6.07) is 17.3. The van der Waals surface area contributed by atoms with Crippen LogP contribution in [0, 0.1) is 0 Å². The Balaban J connectivity index is 2.38. The average molecular weight is 227 g/mol. The number of hydrogen-bond donors (Lipinski definition) is 2. The molecular weight excluding hydrogens is 214 g/mol. The van der Waals surface area contributed by atoms with Gasteiger partial charge in [0.15, 0.2) is 0 Å². The van der Waals surface area contributed by atoms with Gasteiger partial charge in [-0.2, -0.15) is 0 Å². The van der Waals surface area contributed by atoms with Gasteiger partial charge in [-0.3, -0.25) is 4.79 Å². The number of rotatable bonds is 3. The first-order valence-electron chi connectivity index (χ1n) is 5.36. The highest BCUT2D eigenvalue weighted by Gasteiger charge is 2.06. The van der Waals surface area contributed by atoms with E-state index in [9.17, 15) is 4.79 Å². The number of nitrogens with one attached hydrogen (secondary N) is 1. The summed E-state index contributed by atoms with van der Waals surface area (Å²) in [7, 11) is 0. The van der Waals surface area contributed by atoms with Crippen molar-refractivity contribution in [3.63, 3.8) is 0 Å². The molecule has 2 N–H and O–H groups in total. The summed E-state index contributed by atoms with van der Waals surface area (Å²) in [5, 5.41) is 11.4. The molecule has 2 aromatic carbocycles. The Bertz CT molecular complexity index is 509. The molecule has 0 unspecified atom stereocenters. The highest BCUT2D eigenvalue weighted by atomic mass is 16.3. The smallest absolute Gasteiger partial charge is 0.250 e. The Morgan fingerprint density at radius 1 is 1.00 bits per heavy atom. The highest BCUT2D eigenvalue weighted by Crippen LogP contribution is 2.27. The summed E-state index contributed by atoms with van der Waals surface area (Å²) in [5.74, 6) is -0.409. The maximum atomic E-state index is 11.2. The second kappa shape index (κ2) is 5.27. The van der Waals surface area contributed by atoms with Crippen molar-refractivity contribution >= 4 is 11.6 Å². The van der Waals surface area contributed by atoms with Gasteiger partial charge >= 0.3 is 0 Å². The summed E-state index contributed by atoms with van der Waals surface area (Å²) < 4.78 is 0. The molecule has 86 valence electrons. The number of aliphatic hydroxyl groups is 1. The zero-order valence-corrected chi connectivity index (χ0v) is 9.26. The molecule has 2 aromatic rings. The van der Waals surface area contributed by atoms with Crippen molar-refractivity contribution < 1.29 is 9.90 Å². The van der Waals surface area contributed by atoms with Crippen molar-refractivity contribution in [2.75, 3.05) is 11.9 Å². The van der Waals surface area contributed by atoms with Gasteiger partial charge in [-0.25, -0.2) is 0 Å². The minimum atomic E-state index is -0.511. The lowest BCUT2D eigenvalue weighted by atomic mass is 10.0. The number of hydrogen-bond acceptors (Lipinski definition) is 2. The van der Waals surface area contributed by atoms with Gasteiger partial charge in [0.2, 0.25) is 5.91 Å². The fourth-order valence-corrected chi connectivity index (χ4v) is 1.65. The van der Waals surface area contributed by atoms with E-state index in [0.717, 1.165) is 11.1 Å². The highest BCUT2D eigenvalue weighted by molar-refractivity contribution is 5.96. The zero-order chi connectivity index (χ0) is 12.1. The molecule has 0 radical (unpaired) electrons. The number of carbonyl (C=O) groups is 1. The van der Waals surface area contributed by atoms with Crippen molar-refractivity contribution in [3.8, 4) is 11.1 Å². The predicted octanol–water partition coefficient (Wildman–Crippen LogP) is 2.28. The number of aliphatic hydroxyl groups excluding tert-OH is 1. The van der Waals surface area contributed by atoms with Gasteiger partial charge < -0.3 is 10.4 Å². The van der Waals surface area contributed by atoms with Crippen LogP contribution >= 0.6 is 0 Å². The molecule has 0 spiro atoms. The fourth-order valence-electron chi connectivity index (χ4n) is 1.65. The van der Waals surface area contributed by atoms with Crippen LogP contribution in [0.15, 0.2) is 54.6 Å². The number of para-hydroxylation sites is 1. The Labute approximate surface area is 99.7 Å². The summed E-state index contributed by atoms with van der Waals surface area (Å²) in [6.45, 7) is -0.511. The summed E-state index contributed by atoms with van der Waals surface area (Å²) >= 11 is 0. The molecule has 0 aliphatic rings. The first kappa shape index (κ1) is 11.4. The lowest BCUT2D eigenvalue weighted by molar-refractivity contribution is -0.118.